The maximum absolute atomic E-state index is 12.8. The van der Waals surface area contributed by atoms with Crippen molar-refractivity contribution in [2.45, 2.75) is 25.7 Å². The number of methoxy groups -OCH3 is 1. The van der Waals surface area contributed by atoms with E-state index in [9.17, 15) is 13.2 Å². The van der Waals surface area contributed by atoms with E-state index in [2.05, 4.69) is 17.0 Å². The Morgan fingerprint density at radius 3 is 2.42 bits per heavy atom. The zero-order valence-electron chi connectivity index (χ0n) is 18.4. The molecular weight excluding hydrogens is 433 g/mol. The Morgan fingerprint density at radius 2 is 1.85 bits per heavy atom. The molecule has 0 spiro atoms. The third kappa shape index (κ3) is 4.87. The molecule has 9 heteroatoms. The summed E-state index contributed by atoms with van der Waals surface area (Å²) < 4.78 is 53.7. The number of benzene rings is 2. The van der Waals surface area contributed by atoms with Crippen LogP contribution in [0.4, 0.5) is 13.2 Å². The first-order valence-electron chi connectivity index (χ1n) is 10.2. The normalized spacial score (nSPS) is 12.5. The van der Waals surface area contributed by atoms with E-state index >= 15 is 0 Å². The van der Waals surface area contributed by atoms with Gasteiger partial charge in [-0.05, 0) is 47.9 Å². The van der Waals surface area contributed by atoms with Crippen LogP contribution in [0.2, 0.25) is 0 Å². The van der Waals surface area contributed by atoms with Gasteiger partial charge in [-0.15, -0.1) is 0 Å². The Kier molecular flexibility index (Phi) is 6.13. The number of hydrogen-bond acceptors (Lipinski definition) is 4. The number of aryl methyl sites for hydroxylation is 1. The van der Waals surface area contributed by atoms with Crippen molar-refractivity contribution in [1.29, 1.82) is 0 Å². The summed E-state index contributed by atoms with van der Waals surface area (Å²) in [6.45, 7) is 2.15. The molecule has 0 aliphatic heterocycles. The highest BCUT2D eigenvalue weighted by molar-refractivity contribution is 5.71. The first-order chi connectivity index (χ1) is 15.8. The molecule has 0 saturated heterocycles. The fourth-order valence-corrected chi connectivity index (χ4v) is 3.61. The molecule has 0 amide bonds. The van der Waals surface area contributed by atoms with E-state index in [0.717, 1.165) is 28.8 Å². The van der Waals surface area contributed by atoms with Crippen molar-refractivity contribution in [2.24, 2.45) is 7.05 Å². The Bertz CT molecular complexity index is 1220. The average molecular weight is 456 g/mol. The summed E-state index contributed by atoms with van der Waals surface area (Å²) in [5.41, 5.74) is 2.72. The summed E-state index contributed by atoms with van der Waals surface area (Å²) in [6, 6.07) is 8.66. The predicted molar refractivity (Wildman–Crippen MR) is 117 cm³/mol. The van der Waals surface area contributed by atoms with Crippen molar-refractivity contribution < 1.29 is 22.6 Å². The Labute approximate surface area is 189 Å². The van der Waals surface area contributed by atoms with Crippen LogP contribution in [0.15, 0.2) is 67.5 Å². The van der Waals surface area contributed by atoms with Crippen LogP contribution < -0.4 is 9.47 Å². The summed E-state index contributed by atoms with van der Waals surface area (Å²) in [7, 11) is 3.39. The fraction of sp³-hybridized carbons (Fsp3) is 0.250. The standard InChI is InChI=1S/C24H23F3N4O2/c1-16(31-9-8-28-15-31)20-10-22(32-3)23(11-21(20)18-12-29-30(2)13-18)33-14-17-4-6-19(7-5-17)24(25,26)27/h4-13,15-16H,14H2,1-3H3. The Morgan fingerprint density at radius 1 is 1.09 bits per heavy atom. The van der Waals surface area contributed by atoms with E-state index in [1.54, 1.807) is 30.5 Å². The summed E-state index contributed by atoms with van der Waals surface area (Å²) in [5.74, 6) is 1.01. The minimum Gasteiger partial charge on any atom is -0.493 e. The summed E-state index contributed by atoms with van der Waals surface area (Å²) in [4.78, 5) is 4.14. The SMILES string of the molecule is COc1cc(C(C)n2ccnc2)c(-c2cnn(C)c2)cc1OCc1ccc(C(F)(F)F)cc1. The molecule has 4 aromatic rings. The second kappa shape index (κ2) is 9.01. The highest BCUT2D eigenvalue weighted by Gasteiger charge is 2.30. The highest BCUT2D eigenvalue weighted by atomic mass is 19.4. The van der Waals surface area contributed by atoms with Crippen LogP contribution in [0.5, 0.6) is 11.5 Å². The molecule has 0 radical (unpaired) electrons. The fourth-order valence-electron chi connectivity index (χ4n) is 3.61. The van der Waals surface area contributed by atoms with E-state index in [0.29, 0.717) is 17.1 Å². The second-order valence-corrected chi connectivity index (χ2v) is 7.66. The van der Waals surface area contributed by atoms with Crippen LogP contribution >= 0.6 is 0 Å². The lowest BCUT2D eigenvalue weighted by atomic mass is 9.96. The number of ether oxygens (including phenoxy) is 2. The van der Waals surface area contributed by atoms with Crippen LogP contribution in [0.3, 0.4) is 0 Å². The maximum Gasteiger partial charge on any atom is 0.416 e. The lowest BCUT2D eigenvalue weighted by Crippen LogP contribution is -2.08. The van der Waals surface area contributed by atoms with Gasteiger partial charge in [-0.3, -0.25) is 4.68 Å². The van der Waals surface area contributed by atoms with Crippen molar-refractivity contribution in [3.8, 4) is 22.6 Å². The Balaban J connectivity index is 1.68. The molecule has 0 bridgehead atoms. The summed E-state index contributed by atoms with van der Waals surface area (Å²) >= 11 is 0. The van der Waals surface area contributed by atoms with E-state index in [-0.39, 0.29) is 12.6 Å². The quantitative estimate of drug-likeness (QED) is 0.369. The van der Waals surface area contributed by atoms with E-state index in [1.807, 2.05) is 36.1 Å². The number of hydrogen-bond donors (Lipinski definition) is 0. The van der Waals surface area contributed by atoms with Crippen LogP contribution in [0, 0.1) is 0 Å². The smallest absolute Gasteiger partial charge is 0.416 e. The molecule has 4 rings (SSSR count). The van der Waals surface area contributed by atoms with Gasteiger partial charge in [0, 0.05) is 31.2 Å². The number of alkyl halides is 3. The molecule has 33 heavy (non-hydrogen) atoms. The number of imidazole rings is 1. The molecule has 0 N–H and O–H groups in total. The molecule has 172 valence electrons. The van der Waals surface area contributed by atoms with Gasteiger partial charge in [0.05, 0.1) is 31.2 Å². The molecule has 0 saturated carbocycles. The highest BCUT2D eigenvalue weighted by Crippen LogP contribution is 2.40. The van der Waals surface area contributed by atoms with E-state index in [4.69, 9.17) is 9.47 Å². The molecule has 6 nitrogen and oxygen atoms in total. The third-order valence-electron chi connectivity index (χ3n) is 5.45. The van der Waals surface area contributed by atoms with Crippen molar-refractivity contribution >= 4 is 0 Å². The van der Waals surface area contributed by atoms with Crippen LogP contribution in [0.25, 0.3) is 11.1 Å². The first-order valence-corrected chi connectivity index (χ1v) is 10.2. The van der Waals surface area contributed by atoms with Gasteiger partial charge in [-0.2, -0.15) is 18.3 Å². The number of nitrogens with zero attached hydrogens (tertiary/aromatic N) is 4. The van der Waals surface area contributed by atoms with Crippen molar-refractivity contribution in [1.82, 2.24) is 19.3 Å². The number of rotatable bonds is 7. The molecule has 1 atom stereocenters. The number of halogens is 3. The van der Waals surface area contributed by atoms with Crippen molar-refractivity contribution in [2.75, 3.05) is 7.11 Å². The largest absolute Gasteiger partial charge is 0.493 e. The molecule has 2 aromatic carbocycles. The van der Waals surface area contributed by atoms with Crippen molar-refractivity contribution in [3.63, 3.8) is 0 Å². The molecule has 2 aromatic heterocycles. The van der Waals surface area contributed by atoms with Crippen LogP contribution in [0.1, 0.15) is 29.7 Å². The maximum atomic E-state index is 12.8. The lowest BCUT2D eigenvalue weighted by Gasteiger charge is -2.21. The minimum atomic E-state index is -4.37. The van der Waals surface area contributed by atoms with E-state index in [1.165, 1.54) is 12.1 Å². The van der Waals surface area contributed by atoms with Crippen LogP contribution in [-0.2, 0) is 19.8 Å². The topological polar surface area (TPSA) is 54.1 Å². The zero-order valence-corrected chi connectivity index (χ0v) is 18.4. The van der Waals surface area contributed by atoms with Crippen molar-refractivity contribution in [3.05, 3.63) is 84.2 Å². The molecular formula is C24H23F3N4O2. The molecule has 0 fully saturated rings. The predicted octanol–water partition coefficient (Wildman–Crippen LogP) is 5.50. The van der Waals surface area contributed by atoms with Gasteiger partial charge in [0.25, 0.3) is 0 Å². The van der Waals surface area contributed by atoms with Crippen LogP contribution in [-0.4, -0.2) is 26.4 Å². The molecule has 0 aliphatic carbocycles. The lowest BCUT2D eigenvalue weighted by molar-refractivity contribution is -0.137. The van der Waals surface area contributed by atoms with E-state index < -0.39 is 11.7 Å². The monoisotopic (exact) mass is 456 g/mol. The Hall–Kier alpha value is -3.75. The summed E-state index contributed by atoms with van der Waals surface area (Å²) in [5, 5.41) is 4.28. The molecule has 1 unspecified atom stereocenters. The third-order valence-corrected chi connectivity index (χ3v) is 5.45. The molecule has 0 aliphatic rings. The summed E-state index contributed by atoms with van der Waals surface area (Å²) in [6.07, 6.45) is 4.66. The minimum absolute atomic E-state index is 0.0411. The van der Waals surface area contributed by atoms with Gasteiger partial charge in [-0.25, -0.2) is 4.98 Å². The number of aromatic nitrogens is 4. The second-order valence-electron chi connectivity index (χ2n) is 7.66. The zero-order chi connectivity index (χ0) is 23.6. The van der Waals surface area contributed by atoms with Gasteiger partial charge in [0.1, 0.15) is 6.61 Å². The van der Waals surface area contributed by atoms with Gasteiger partial charge >= 0.3 is 6.18 Å². The van der Waals surface area contributed by atoms with Gasteiger partial charge in [0.15, 0.2) is 11.5 Å². The van der Waals surface area contributed by atoms with Gasteiger partial charge < -0.3 is 14.0 Å². The first kappa shape index (κ1) is 22.4. The average Bonchev–Trinajstić information content (AvgIpc) is 3.48. The molecule has 2 heterocycles. The van der Waals surface area contributed by atoms with Gasteiger partial charge in [0.2, 0.25) is 0 Å². The van der Waals surface area contributed by atoms with Gasteiger partial charge in [-0.1, -0.05) is 12.1 Å².